The lowest BCUT2D eigenvalue weighted by atomic mass is 10.1. The first-order chi connectivity index (χ1) is 12.5. The number of aromatic nitrogens is 1. The first-order valence-corrected chi connectivity index (χ1v) is 8.45. The van der Waals surface area contributed by atoms with Gasteiger partial charge in [-0.3, -0.25) is 4.79 Å². The predicted molar refractivity (Wildman–Crippen MR) is 97.7 cm³/mol. The summed E-state index contributed by atoms with van der Waals surface area (Å²) in [5.74, 6) is 0.0862. The number of aryl methyl sites for hydroxylation is 1. The molecule has 0 N–H and O–H groups in total. The van der Waals surface area contributed by atoms with E-state index in [2.05, 4.69) is 5.16 Å². The maximum atomic E-state index is 12.6. The molecule has 0 aliphatic heterocycles. The molecule has 0 bridgehead atoms. The van der Waals surface area contributed by atoms with E-state index < -0.39 is 5.97 Å². The minimum Gasteiger partial charge on any atom is -0.423 e. The van der Waals surface area contributed by atoms with Gasteiger partial charge < -0.3 is 9.26 Å². The van der Waals surface area contributed by atoms with Crippen molar-refractivity contribution in [2.45, 2.75) is 20.3 Å². The van der Waals surface area contributed by atoms with Crippen LogP contribution in [0.3, 0.4) is 0 Å². The van der Waals surface area contributed by atoms with Gasteiger partial charge in [0, 0.05) is 17.5 Å². The van der Waals surface area contributed by atoms with Crippen molar-refractivity contribution in [3.8, 4) is 17.0 Å². The third-order valence-corrected chi connectivity index (χ3v) is 4.23. The van der Waals surface area contributed by atoms with Crippen LogP contribution < -0.4 is 4.74 Å². The summed E-state index contributed by atoms with van der Waals surface area (Å²) < 4.78 is 10.6. The quantitative estimate of drug-likeness (QED) is 0.355. The van der Waals surface area contributed by atoms with E-state index in [0.29, 0.717) is 39.8 Å². The summed E-state index contributed by atoms with van der Waals surface area (Å²) in [6.07, 6.45) is 0.417. The van der Waals surface area contributed by atoms with E-state index >= 15 is 0 Å². The Labute approximate surface area is 155 Å². The van der Waals surface area contributed by atoms with Crippen molar-refractivity contribution in [1.29, 1.82) is 0 Å². The van der Waals surface area contributed by atoms with E-state index in [9.17, 15) is 9.59 Å². The summed E-state index contributed by atoms with van der Waals surface area (Å²) in [6.45, 7) is 3.42. The average molecular weight is 370 g/mol. The number of benzene rings is 2. The molecular weight excluding hydrogens is 354 g/mol. The van der Waals surface area contributed by atoms with Crippen LogP contribution in [0.25, 0.3) is 11.3 Å². The molecule has 0 amide bonds. The molecule has 3 aromatic rings. The van der Waals surface area contributed by atoms with Gasteiger partial charge in [-0.05, 0) is 37.3 Å². The highest BCUT2D eigenvalue weighted by atomic mass is 35.5. The molecule has 0 spiro atoms. The number of rotatable bonds is 5. The van der Waals surface area contributed by atoms with Crippen molar-refractivity contribution in [2.24, 2.45) is 0 Å². The Morgan fingerprint density at radius 3 is 2.46 bits per heavy atom. The lowest BCUT2D eigenvalue weighted by Gasteiger charge is -2.06. The average Bonchev–Trinajstić information content (AvgIpc) is 3.03. The van der Waals surface area contributed by atoms with Crippen LogP contribution in [0.5, 0.6) is 5.75 Å². The van der Waals surface area contributed by atoms with Crippen LogP contribution in [0.4, 0.5) is 0 Å². The van der Waals surface area contributed by atoms with Gasteiger partial charge in [0.1, 0.15) is 22.8 Å². The topological polar surface area (TPSA) is 69.4 Å². The van der Waals surface area contributed by atoms with Crippen molar-refractivity contribution in [2.75, 3.05) is 0 Å². The molecule has 132 valence electrons. The first kappa shape index (κ1) is 17.9. The van der Waals surface area contributed by atoms with Crippen LogP contribution in [0.1, 0.15) is 39.8 Å². The highest BCUT2D eigenvalue weighted by molar-refractivity contribution is 6.33. The zero-order valence-electron chi connectivity index (χ0n) is 14.3. The van der Waals surface area contributed by atoms with E-state index in [0.717, 1.165) is 0 Å². The van der Waals surface area contributed by atoms with Gasteiger partial charge in [0.05, 0.1) is 5.02 Å². The van der Waals surface area contributed by atoms with E-state index in [1.165, 1.54) is 0 Å². The molecule has 2 aromatic carbocycles. The Morgan fingerprint density at radius 2 is 1.81 bits per heavy atom. The van der Waals surface area contributed by atoms with Crippen LogP contribution in [-0.2, 0) is 0 Å². The molecular formula is C20H16ClNO4. The summed E-state index contributed by atoms with van der Waals surface area (Å²) >= 11 is 6.20. The molecule has 6 heteroatoms. The molecule has 0 aliphatic rings. The van der Waals surface area contributed by atoms with Crippen LogP contribution >= 0.6 is 11.6 Å². The molecule has 1 aromatic heterocycles. The molecule has 3 rings (SSSR count). The molecule has 0 saturated heterocycles. The summed E-state index contributed by atoms with van der Waals surface area (Å²) in [4.78, 5) is 24.3. The monoisotopic (exact) mass is 369 g/mol. The zero-order valence-corrected chi connectivity index (χ0v) is 15.0. The van der Waals surface area contributed by atoms with E-state index in [1.807, 2.05) is 0 Å². The van der Waals surface area contributed by atoms with Crippen LogP contribution in [0, 0.1) is 6.92 Å². The number of Topliss-reactive ketones (excluding diaryl/α,β-unsaturated/α-hetero) is 1. The van der Waals surface area contributed by atoms with Crippen molar-refractivity contribution in [3.05, 3.63) is 70.4 Å². The van der Waals surface area contributed by atoms with Gasteiger partial charge in [0.2, 0.25) is 0 Å². The van der Waals surface area contributed by atoms with Crippen LogP contribution in [0.2, 0.25) is 5.02 Å². The third-order valence-electron chi connectivity index (χ3n) is 3.90. The summed E-state index contributed by atoms with van der Waals surface area (Å²) in [5.41, 5.74) is 1.70. The molecule has 0 saturated carbocycles. The number of esters is 1. The molecule has 0 fully saturated rings. The second kappa shape index (κ2) is 7.54. The van der Waals surface area contributed by atoms with Crippen molar-refractivity contribution < 1.29 is 18.8 Å². The Hall–Kier alpha value is -2.92. The van der Waals surface area contributed by atoms with Gasteiger partial charge in [-0.25, -0.2) is 4.79 Å². The number of carbonyl (C=O) groups excluding carboxylic acids is 2. The number of ketones is 1. The Kier molecular flexibility index (Phi) is 5.19. The molecule has 0 aliphatic carbocycles. The number of nitrogens with zero attached hydrogens (tertiary/aromatic N) is 1. The number of hydrogen-bond donors (Lipinski definition) is 0. The van der Waals surface area contributed by atoms with Crippen molar-refractivity contribution >= 4 is 23.4 Å². The van der Waals surface area contributed by atoms with Gasteiger partial charge in [-0.2, -0.15) is 0 Å². The normalized spacial score (nSPS) is 10.6. The molecule has 26 heavy (non-hydrogen) atoms. The SMILES string of the molecule is CCC(=O)c1ccc(OC(=O)c2c(-c3ccccc3Cl)noc2C)cc1. The first-order valence-electron chi connectivity index (χ1n) is 8.08. The number of halogens is 1. The van der Waals surface area contributed by atoms with Gasteiger partial charge in [0.15, 0.2) is 5.78 Å². The van der Waals surface area contributed by atoms with Crippen LogP contribution in [0.15, 0.2) is 53.1 Å². The number of ether oxygens (including phenoxy) is 1. The lowest BCUT2D eigenvalue weighted by molar-refractivity contribution is 0.0733. The molecule has 5 nitrogen and oxygen atoms in total. The highest BCUT2D eigenvalue weighted by Gasteiger charge is 2.24. The van der Waals surface area contributed by atoms with Gasteiger partial charge in [0.25, 0.3) is 0 Å². The second-order valence-electron chi connectivity index (χ2n) is 5.63. The highest BCUT2D eigenvalue weighted by Crippen LogP contribution is 2.31. The van der Waals surface area contributed by atoms with Gasteiger partial charge in [-0.15, -0.1) is 0 Å². The minimum absolute atomic E-state index is 0.0266. The number of hydrogen-bond acceptors (Lipinski definition) is 5. The largest absolute Gasteiger partial charge is 0.423 e. The third kappa shape index (κ3) is 3.53. The number of carbonyl (C=O) groups is 2. The maximum absolute atomic E-state index is 12.6. The van der Waals surface area contributed by atoms with E-state index in [-0.39, 0.29) is 11.3 Å². The molecule has 1 heterocycles. The van der Waals surface area contributed by atoms with Crippen LogP contribution in [-0.4, -0.2) is 16.9 Å². The summed E-state index contributed by atoms with van der Waals surface area (Å²) in [6, 6.07) is 13.5. The smallest absolute Gasteiger partial charge is 0.349 e. The van der Waals surface area contributed by atoms with Crippen molar-refractivity contribution in [3.63, 3.8) is 0 Å². The lowest BCUT2D eigenvalue weighted by Crippen LogP contribution is -2.10. The summed E-state index contributed by atoms with van der Waals surface area (Å²) in [7, 11) is 0. The Bertz CT molecular complexity index is 960. The standard InChI is InChI=1S/C20H16ClNO4/c1-3-17(23)13-8-10-14(11-9-13)25-20(24)18-12(2)26-22-19(18)15-6-4-5-7-16(15)21/h4-11H,3H2,1-2H3. The Morgan fingerprint density at radius 1 is 1.12 bits per heavy atom. The fourth-order valence-electron chi connectivity index (χ4n) is 2.52. The van der Waals surface area contributed by atoms with Crippen molar-refractivity contribution in [1.82, 2.24) is 5.16 Å². The fourth-order valence-corrected chi connectivity index (χ4v) is 2.75. The predicted octanol–water partition coefficient (Wildman–Crippen LogP) is 5.12. The zero-order chi connectivity index (χ0) is 18.7. The molecule has 0 atom stereocenters. The van der Waals surface area contributed by atoms with Gasteiger partial charge >= 0.3 is 5.97 Å². The van der Waals surface area contributed by atoms with Gasteiger partial charge in [-0.1, -0.05) is 41.9 Å². The Balaban J connectivity index is 1.88. The van der Waals surface area contributed by atoms with E-state index in [4.69, 9.17) is 20.9 Å². The van der Waals surface area contributed by atoms with E-state index in [1.54, 1.807) is 62.4 Å². The molecule has 0 radical (unpaired) electrons. The minimum atomic E-state index is -0.603. The second-order valence-corrected chi connectivity index (χ2v) is 6.04. The fraction of sp³-hybridized carbons (Fsp3) is 0.150. The maximum Gasteiger partial charge on any atom is 0.349 e. The molecule has 0 unspecified atom stereocenters. The summed E-state index contributed by atoms with van der Waals surface area (Å²) in [5, 5.41) is 4.41.